The molecular weight excluding hydrogens is 483 g/mol. The number of halogens is 2. The molecule has 188 valence electrons. The van der Waals surface area contributed by atoms with Crippen LogP contribution in [0.1, 0.15) is 19.3 Å². The maximum atomic E-state index is 13.4. The highest BCUT2D eigenvalue weighted by molar-refractivity contribution is 6.31. The second kappa shape index (κ2) is 10.2. The molecule has 0 bridgehead atoms. The van der Waals surface area contributed by atoms with Crippen molar-refractivity contribution in [1.82, 2.24) is 15.2 Å². The number of aromatic nitrogens is 1. The zero-order chi connectivity index (χ0) is 25.2. The Morgan fingerprint density at radius 3 is 2.53 bits per heavy atom. The Kier molecular flexibility index (Phi) is 6.82. The molecule has 1 atom stereocenters. The van der Waals surface area contributed by atoms with Crippen molar-refractivity contribution in [3.8, 4) is 0 Å². The van der Waals surface area contributed by atoms with E-state index in [1.807, 2.05) is 18.2 Å². The van der Waals surface area contributed by atoms with Gasteiger partial charge in [-0.2, -0.15) is 0 Å². The molecule has 1 aromatic heterocycles. The number of rotatable bonds is 3. The first kappa shape index (κ1) is 24.1. The number of carbonyl (C=O) groups is 2. The fourth-order valence-corrected chi connectivity index (χ4v) is 5.07. The van der Waals surface area contributed by atoms with Crippen LogP contribution in [0.25, 0.3) is 10.9 Å². The zero-order valence-electron chi connectivity index (χ0n) is 19.8. The molecule has 3 aromatic rings. The van der Waals surface area contributed by atoms with Crippen LogP contribution in [-0.2, 0) is 4.79 Å². The number of pyridine rings is 1. The number of amides is 3. The van der Waals surface area contributed by atoms with Gasteiger partial charge in [-0.1, -0.05) is 11.6 Å². The van der Waals surface area contributed by atoms with Crippen LogP contribution in [0.15, 0.2) is 48.5 Å². The average Bonchev–Trinajstić information content (AvgIpc) is 3.05. The Labute approximate surface area is 213 Å². The molecule has 0 aliphatic carbocycles. The summed E-state index contributed by atoms with van der Waals surface area (Å²) in [6, 6.07) is 12.4. The third-order valence-corrected chi connectivity index (χ3v) is 7.04. The van der Waals surface area contributed by atoms with Crippen LogP contribution in [-0.4, -0.2) is 60.6 Å². The van der Waals surface area contributed by atoms with Crippen LogP contribution in [0.3, 0.4) is 0 Å². The largest absolute Gasteiger partial charge is 0.384 e. The normalized spacial score (nSPS) is 18.9. The smallest absolute Gasteiger partial charge is 0.318 e. The lowest BCUT2D eigenvalue weighted by Crippen LogP contribution is -2.56. The second-order valence-corrected chi connectivity index (χ2v) is 9.60. The minimum Gasteiger partial charge on any atom is -0.384 e. The Morgan fingerprint density at radius 2 is 1.78 bits per heavy atom. The van der Waals surface area contributed by atoms with E-state index >= 15 is 0 Å². The van der Waals surface area contributed by atoms with Crippen LogP contribution < -0.4 is 20.9 Å². The van der Waals surface area contributed by atoms with Gasteiger partial charge in [0.05, 0.1) is 5.52 Å². The number of anilines is 3. The predicted molar refractivity (Wildman–Crippen MR) is 140 cm³/mol. The van der Waals surface area contributed by atoms with Crippen molar-refractivity contribution in [2.24, 2.45) is 0 Å². The van der Waals surface area contributed by atoms with Gasteiger partial charge in [0, 0.05) is 60.6 Å². The first-order valence-corrected chi connectivity index (χ1v) is 12.5. The summed E-state index contributed by atoms with van der Waals surface area (Å²) in [6.07, 6.45) is 2.22. The summed E-state index contributed by atoms with van der Waals surface area (Å²) in [6.45, 7) is 2.80. The van der Waals surface area contributed by atoms with Gasteiger partial charge in [-0.25, -0.2) is 14.2 Å². The summed E-state index contributed by atoms with van der Waals surface area (Å²) in [5.74, 6) is -0.0997. The molecule has 10 heteroatoms. The SMILES string of the molecule is Nc1cc(N2CCN(C(=O)N[C@H]3CCCCN(c4ccc(F)cc4)C3=O)CC2)c2ccc(Cl)cc2n1. The van der Waals surface area contributed by atoms with Crippen LogP contribution in [0.5, 0.6) is 0 Å². The molecule has 0 radical (unpaired) electrons. The predicted octanol–water partition coefficient (Wildman–Crippen LogP) is 4.03. The molecule has 2 aliphatic heterocycles. The third kappa shape index (κ3) is 5.02. The Hall–Kier alpha value is -3.59. The monoisotopic (exact) mass is 510 g/mol. The van der Waals surface area contributed by atoms with E-state index in [-0.39, 0.29) is 17.8 Å². The lowest BCUT2D eigenvalue weighted by molar-refractivity contribution is -0.120. The Morgan fingerprint density at radius 1 is 1.03 bits per heavy atom. The van der Waals surface area contributed by atoms with Crippen molar-refractivity contribution in [2.75, 3.05) is 48.3 Å². The van der Waals surface area contributed by atoms with Gasteiger partial charge in [-0.15, -0.1) is 0 Å². The van der Waals surface area contributed by atoms with Crippen LogP contribution in [0, 0.1) is 5.82 Å². The first-order valence-electron chi connectivity index (χ1n) is 12.1. The lowest BCUT2D eigenvalue weighted by Gasteiger charge is -2.37. The highest BCUT2D eigenvalue weighted by Crippen LogP contribution is 2.30. The van der Waals surface area contributed by atoms with Crippen molar-refractivity contribution in [1.29, 1.82) is 0 Å². The number of nitrogens with one attached hydrogen (secondary N) is 1. The maximum Gasteiger partial charge on any atom is 0.318 e. The summed E-state index contributed by atoms with van der Waals surface area (Å²) in [5, 5.41) is 4.50. The van der Waals surface area contributed by atoms with Crippen molar-refractivity contribution in [3.05, 3.63) is 59.4 Å². The molecule has 5 rings (SSSR count). The summed E-state index contributed by atoms with van der Waals surface area (Å²) < 4.78 is 13.4. The van der Waals surface area contributed by atoms with Crippen molar-refractivity contribution >= 4 is 51.6 Å². The van der Waals surface area contributed by atoms with E-state index in [0.717, 1.165) is 29.4 Å². The summed E-state index contributed by atoms with van der Waals surface area (Å²) in [4.78, 5) is 36.3. The van der Waals surface area contributed by atoms with Gasteiger partial charge in [-0.3, -0.25) is 4.79 Å². The molecule has 0 unspecified atom stereocenters. The number of carbonyl (C=O) groups excluding carboxylic acids is 2. The second-order valence-electron chi connectivity index (χ2n) is 9.17. The van der Waals surface area contributed by atoms with E-state index in [4.69, 9.17) is 17.3 Å². The van der Waals surface area contributed by atoms with Crippen LogP contribution in [0.2, 0.25) is 5.02 Å². The molecule has 2 saturated heterocycles. The fourth-order valence-electron chi connectivity index (χ4n) is 4.91. The van der Waals surface area contributed by atoms with Crippen molar-refractivity contribution in [3.63, 3.8) is 0 Å². The summed E-state index contributed by atoms with van der Waals surface area (Å²) >= 11 is 6.13. The number of nitrogens with zero attached hydrogens (tertiary/aromatic N) is 4. The van der Waals surface area contributed by atoms with Gasteiger partial charge in [0.25, 0.3) is 0 Å². The zero-order valence-corrected chi connectivity index (χ0v) is 20.5. The number of piperazine rings is 1. The van der Waals surface area contributed by atoms with Gasteiger partial charge in [-0.05, 0) is 61.7 Å². The number of urea groups is 1. The molecule has 3 N–H and O–H groups in total. The van der Waals surface area contributed by atoms with E-state index in [1.165, 1.54) is 12.1 Å². The molecule has 0 saturated carbocycles. The molecule has 3 heterocycles. The number of fused-ring (bicyclic) bond motifs is 1. The van der Waals surface area contributed by atoms with Crippen molar-refractivity contribution < 1.29 is 14.0 Å². The Bertz CT molecular complexity index is 1270. The lowest BCUT2D eigenvalue weighted by atomic mass is 10.1. The Balaban J connectivity index is 1.24. The molecule has 8 nitrogen and oxygen atoms in total. The number of hydrogen-bond acceptors (Lipinski definition) is 5. The van der Waals surface area contributed by atoms with E-state index in [1.54, 1.807) is 28.0 Å². The van der Waals surface area contributed by atoms with E-state index < -0.39 is 6.04 Å². The minimum absolute atomic E-state index is 0.163. The highest BCUT2D eigenvalue weighted by Gasteiger charge is 2.31. The molecule has 2 aromatic carbocycles. The molecule has 0 spiro atoms. The number of nitrogen functional groups attached to an aromatic ring is 1. The van der Waals surface area contributed by atoms with E-state index in [2.05, 4.69) is 15.2 Å². The highest BCUT2D eigenvalue weighted by atomic mass is 35.5. The quantitative estimate of drug-likeness (QED) is 0.555. The molecular formula is C26H28ClFN6O2. The average molecular weight is 511 g/mol. The van der Waals surface area contributed by atoms with Crippen LogP contribution >= 0.6 is 11.6 Å². The fraction of sp³-hybridized carbons (Fsp3) is 0.346. The molecule has 2 aliphatic rings. The summed E-state index contributed by atoms with van der Waals surface area (Å²) in [5.41, 5.74) is 8.37. The van der Waals surface area contributed by atoms with Crippen LogP contribution in [0.4, 0.5) is 26.4 Å². The van der Waals surface area contributed by atoms with Gasteiger partial charge < -0.3 is 25.8 Å². The molecule has 36 heavy (non-hydrogen) atoms. The van der Waals surface area contributed by atoms with Gasteiger partial charge in [0.1, 0.15) is 17.7 Å². The number of benzene rings is 2. The third-order valence-electron chi connectivity index (χ3n) is 6.80. The topological polar surface area (TPSA) is 94.8 Å². The number of hydrogen-bond donors (Lipinski definition) is 2. The van der Waals surface area contributed by atoms with Crippen molar-refractivity contribution in [2.45, 2.75) is 25.3 Å². The maximum absolute atomic E-state index is 13.4. The first-order chi connectivity index (χ1) is 17.4. The van der Waals surface area contributed by atoms with Gasteiger partial charge in [0.2, 0.25) is 5.91 Å². The molecule has 3 amide bonds. The summed E-state index contributed by atoms with van der Waals surface area (Å²) in [7, 11) is 0. The standard InChI is InChI=1S/C26H28ClFN6O2/c27-17-4-9-20-22(15-17)30-24(29)16-23(20)32-11-13-33(14-12-32)26(36)31-21-3-1-2-10-34(25(21)35)19-7-5-18(28)6-8-19/h4-9,15-16,21H,1-3,10-14H2,(H2,29,30)(H,31,36)/t21-/m0/s1. The molecule has 2 fully saturated rings. The van der Waals surface area contributed by atoms with E-state index in [9.17, 15) is 14.0 Å². The van der Waals surface area contributed by atoms with E-state index in [0.29, 0.717) is 55.7 Å². The number of nitrogens with two attached hydrogens (primary N) is 1. The van der Waals surface area contributed by atoms with Gasteiger partial charge >= 0.3 is 6.03 Å². The minimum atomic E-state index is -0.614. The van der Waals surface area contributed by atoms with Gasteiger partial charge in [0.15, 0.2) is 0 Å².